The average Bonchev–Trinajstić information content (AvgIpc) is 2.34. The van der Waals surface area contributed by atoms with Crippen LogP contribution in [-0.4, -0.2) is 9.97 Å². The number of hydrogen-bond acceptors (Lipinski definition) is 3. The molecule has 2 aromatic rings. The lowest BCUT2D eigenvalue weighted by Gasteiger charge is -2.07. The number of nitrogens with two attached hydrogens (primary N) is 1. The van der Waals surface area contributed by atoms with Crippen molar-refractivity contribution in [2.75, 3.05) is 0 Å². The van der Waals surface area contributed by atoms with Gasteiger partial charge in [0.15, 0.2) is 11.6 Å². The Hall–Kier alpha value is -2.01. The summed E-state index contributed by atoms with van der Waals surface area (Å²) in [6, 6.07) is 7.93. The van der Waals surface area contributed by atoms with Gasteiger partial charge in [0.25, 0.3) is 0 Å². The van der Waals surface area contributed by atoms with Gasteiger partial charge in [-0.15, -0.1) is 0 Å². The Morgan fingerprint density at radius 2 is 2.11 bits per heavy atom. The second-order valence-electron chi connectivity index (χ2n) is 3.78. The fourth-order valence-electron chi connectivity index (χ4n) is 1.40. The molecule has 1 aromatic carbocycles. The quantitative estimate of drug-likeness (QED) is 0.864. The number of aryl methyl sites for hydroxylation is 1. The Morgan fingerprint density at radius 3 is 2.72 bits per heavy atom. The molecular weight excluding hydrogens is 251 g/mol. The maximum atomic E-state index is 13.5. The first-order chi connectivity index (χ1) is 8.56. The Bertz CT molecular complexity index is 584. The standard InChI is InChI=1S/C13H11FN2OS/c1-8-2-4-10(14)12(6-8)17-9-3-5-11(13(15)18)16-7-9/h2-7H,1H3,(H2,15,18). The molecular formula is C13H11FN2OS. The summed E-state index contributed by atoms with van der Waals surface area (Å²) >= 11 is 4.79. The third-order valence-corrected chi connectivity index (χ3v) is 2.51. The lowest BCUT2D eigenvalue weighted by atomic mass is 10.2. The van der Waals surface area contributed by atoms with E-state index in [0.717, 1.165) is 5.56 Å². The summed E-state index contributed by atoms with van der Waals surface area (Å²) in [7, 11) is 0. The van der Waals surface area contributed by atoms with Gasteiger partial charge in [-0.3, -0.25) is 0 Å². The SMILES string of the molecule is Cc1ccc(F)c(Oc2ccc(C(N)=S)nc2)c1. The van der Waals surface area contributed by atoms with Crippen LogP contribution in [0.25, 0.3) is 0 Å². The zero-order valence-electron chi connectivity index (χ0n) is 9.68. The van der Waals surface area contributed by atoms with Crippen LogP contribution in [0.2, 0.25) is 0 Å². The first-order valence-electron chi connectivity index (χ1n) is 5.26. The summed E-state index contributed by atoms with van der Waals surface area (Å²) in [6.07, 6.45) is 1.45. The molecule has 0 aliphatic heterocycles. The van der Waals surface area contributed by atoms with Crippen molar-refractivity contribution in [3.8, 4) is 11.5 Å². The Kier molecular flexibility index (Phi) is 3.53. The summed E-state index contributed by atoms with van der Waals surface area (Å²) in [6.45, 7) is 1.86. The van der Waals surface area contributed by atoms with Gasteiger partial charge < -0.3 is 10.5 Å². The molecule has 18 heavy (non-hydrogen) atoms. The molecule has 0 spiro atoms. The van der Waals surface area contributed by atoms with Crippen LogP contribution < -0.4 is 10.5 Å². The number of benzene rings is 1. The molecule has 0 bridgehead atoms. The van der Waals surface area contributed by atoms with Crippen LogP contribution in [-0.2, 0) is 0 Å². The molecule has 0 saturated heterocycles. The van der Waals surface area contributed by atoms with Crippen LogP contribution in [0, 0.1) is 12.7 Å². The summed E-state index contributed by atoms with van der Waals surface area (Å²) in [4.78, 5) is 4.22. The number of pyridine rings is 1. The van der Waals surface area contributed by atoms with E-state index in [1.54, 1.807) is 24.3 Å². The monoisotopic (exact) mass is 262 g/mol. The summed E-state index contributed by atoms with van der Waals surface area (Å²) in [5.41, 5.74) is 6.85. The Morgan fingerprint density at radius 1 is 1.33 bits per heavy atom. The van der Waals surface area contributed by atoms with Gasteiger partial charge in [0.1, 0.15) is 10.7 Å². The second-order valence-corrected chi connectivity index (χ2v) is 4.22. The third-order valence-electron chi connectivity index (χ3n) is 2.30. The van der Waals surface area contributed by atoms with Gasteiger partial charge in [-0.05, 0) is 36.8 Å². The molecule has 3 nitrogen and oxygen atoms in total. The van der Waals surface area contributed by atoms with Crippen molar-refractivity contribution in [2.45, 2.75) is 6.92 Å². The lowest BCUT2D eigenvalue weighted by molar-refractivity contribution is 0.440. The molecule has 92 valence electrons. The predicted molar refractivity (Wildman–Crippen MR) is 71.3 cm³/mol. The number of rotatable bonds is 3. The molecule has 5 heteroatoms. The molecule has 1 heterocycles. The minimum absolute atomic E-state index is 0.167. The van der Waals surface area contributed by atoms with E-state index >= 15 is 0 Å². The highest BCUT2D eigenvalue weighted by atomic mass is 32.1. The average molecular weight is 262 g/mol. The second kappa shape index (κ2) is 5.10. The number of halogens is 1. The van der Waals surface area contributed by atoms with Gasteiger partial charge in [-0.1, -0.05) is 18.3 Å². The Labute approximate surface area is 109 Å². The highest BCUT2D eigenvalue weighted by Crippen LogP contribution is 2.24. The van der Waals surface area contributed by atoms with Gasteiger partial charge in [0.2, 0.25) is 0 Å². The molecule has 0 fully saturated rings. The van der Waals surface area contributed by atoms with Crippen LogP contribution in [0.3, 0.4) is 0 Å². The Balaban J connectivity index is 2.23. The van der Waals surface area contributed by atoms with E-state index in [1.165, 1.54) is 12.3 Å². The highest BCUT2D eigenvalue weighted by molar-refractivity contribution is 7.80. The smallest absolute Gasteiger partial charge is 0.165 e. The first kappa shape index (κ1) is 12.4. The zero-order valence-corrected chi connectivity index (χ0v) is 10.5. The molecule has 0 aliphatic rings. The molecule has 0 radical (unpaired) electrons. The summed E-state index contributed by atoms with van der Waals surface area (Å²) < 4.78 is 18.9. The van der Waals surface area contributed by atoms with Crippen LogP contribution in [0.1, 0.15) is 11.3 Å². The van der Waals surface area contributed by atoms with Crippen LogP contribution in [0.5, 0.6) is 11.5 Å². The molecule has 0 unspecified atom stereocenters. The first-order valence-corrected chi connectivity index (χ1v) is 5.67. The fourth-order valence-corrected chi connectivity index (χ4v) is 1.52. The van der Waals surface area contributed by atoms with Crippen LogP contribution in [0.15, 0.2) is 36.5 Å². The van der Waals surface area contributed by atoms with Crippen molar-refractivity contribution in [1.82, 2.24) is 4.98 Å². The van der Waals surface area contributed by atoms with Gasteiger partial charge in [-0.25, -0.2) is 9.37 Å². The van der Waals surface area contributed by atoms with Crippen LogP contribution in [0.4, 0.5) is 4.39 Å². The minimum atomic E-state index is -0.418. The van der Waals surface area contributed by atoms with Crippen LogP contribution >= 0.6 is 12.2 Å². The highest BCUT2D eigenvalue weighted by Gasteiger charge is 2.06. The number of thiocarbonyl (C=S) groups is 1. The van der Waals surface area contributed by atoms with Crippen molar-refractivity contribution in [3.63, 3.8) is 0 Å². The van der Waals surface area contributed by atoms with E-state index in [-0.39, 0.29) is 10.7 Å². The van der Waals surface area contributed by atoms with E-state index in [1.807, 2.05) is 6.92 Å². The normalized spacial score (nSPS) is 10.1. The van der Waals surface area contributed by atoms with E-state index in [9.17, 15) is 4.39 Å². The maximum absolute atomic E-state index is 13.5. The van der Waals surface area contributed by atoms with Gasteiger partial charge >= 0.3 is 0 Å². The topological polar surface area (TPSA) is 48.1 Å². The number of ether oxygens (including phenoxy) is 1. The molecule has 0 amide bonds. The van der Waals surface area contributed by atoms with Gasteiger partial charge in [-0.2, -0.15) is 0 Å². The third kappa shape index (κ3) is 2.81. The van der Waals surface area contributed by atoms with E-state index in [0.29, 0.717) is 11.4 Å². The predicted octanol–water partition coefficient (Wildman–Crippen LogP) is 2.96. The molecule has 0 atom stereocenters. The molecule has 0 aliphatic carbocycles. The number of aromatic nitrogens is 1. The lowest BCUT2D eigenvalue weighted by Crippen LogP contribution is -2.10. The number of nitrogens with zero attached hydrogens (tertiary/aromatic N) is 1. The van der Waals surface area contributed by atoms with E-state index in [2.05, 4.69) is 4.98 Å². The largest absolute Gasteiger partial charge is 0.453 e. The van der Waals surface area contributed by atoms with Crippen molar-refractivity contribution in [3.05, 3.63) is 53.6 Å². The summed E-state index contributed by atoms with van der Waals surface area (Å²) in [5.74, 6) is 0.179. The van der Waals surface area contributed by atoms with Crippen molar-refractivity contribution >= 4 is 17.2 Å². The number of hydrogen-bond donors (Lipinski definition) is 1. The van der Waals surface area contributed by atoms with E-state index < -0.39 is 5.82 Å². The van der Waals surface area contributed by atoms with Crippen molar-refractivity contribution in [1.29, 1.82) is 0 Å². The van der Waals surface area contributed by atoms with E-state index in [4.69, 9.17) is 22.7 Å². The molecule has 0 saturated carbocycles. The van der Waals surface area contributed by atoms with Gasteiger partial charge in [0.05, 0.1) is 11.9 Å². The molecule has 2 N–H and O–H groups in total. The zero-order chi connectivity index (χ0) is 13.1. The maximum Gasteiger partial charge on any atom is 0.165 e. The van der Waals surface area contributed by atoms with Gasteiger partial charge in [0, 0.05) is 0 Å². The van der Waals surface area contributed by atoms with Crippen molar-refractivity contribution < 1.29 is 9.13 Å². The van der Waals surface area contributed by atoms with Crippen molar-refractivity contribution in [2.24, 2.45) is 5.73 Å². The molecule has 1 aromatic heterocycles. The minimum Gasteiger partial charge on any atom is -0.453 e. The fraction of sp³-hybridized carbons (Fsp3) is 0.0769. The summed E-state index contributed by atoms with van der Waals surface area (Å²) in [5, 5.41) is 0. The molecule has 2 rings (SSSR count).